The molecule has 0 aliphatic rings. The second-order valence-electron chi connectivity index (χ2n) is 5.67. The highest BCUT2D eigenvalue weighted by Crippen LogP contribution is 2.28. The summed E-state index contributed by atoms with van der Waals surface area (Å²) in [6, 6.07) is 9.80. The second-order valence-corrected chi connectivity index (χ2v) is 6.55. The molecule has 1 amide bonds. The van der Waals surface area contributed by atoms with E-state index in [0.29, 0.717) is 32.8 Å². The van der Waals surface area contributed by atoms with Crippen molar-refractivity contribution in [1.29, 1.82) is 0 Å². The number of halogens is 2. The van der Waals surface area contributed by atoms with Crippen LogP contribution in [0.1, 0.15) is 12.5 Å². The first kappa shape index (κ1) is 21.6. The van der Waals surface area contributed by atoms with Crippen LogP contribution in [-0.2, 0) is 14.3 Å². The minimum Gasteiger partial charge on any atom is -0.493 e. The molecule has 0 bridgehead atoms. The van der Waals surface area contributed by atoms with E-state index in [1.54, 1.807) is 30.3 Å². The molecule has 0 saturated carbocycles. The van der Waals surface area contributed by atoms with E-state index in [-0.39, 0.29) is 0 Å². The van der Waals surface area contributed by atoms with Crippen molar-refractivity contribution in [2.45, 2.75) is 13.0 Å². The number of amides is 1. The molecule has 148 valence electrons. The van der Waals surface area contributed by atoms with Gasteiger partial charge < -0.3 is 19.5 Å². The molecule has 0 fully saturated rings. The fraction of sp³-hybridized carbons (Fsp3) is 0.200. The first-order chi connectivity index (χ1) is 13.3. The second kappa shape index (κ2) is 10.0. The SMILES string of the molecule is COc1ccc(C=CC(=O)OC(C)C(=O)Nc2cc(Cl)cc(Cl)c2)cc1OC. The van der Waals surface area contributed by atoms with Crippen LogP contribution < -0.4 is 14.8 Å². The van der Waals surface area contributed by atoms with E-state index in [1.807, 2.05) is 0 Å². The van der Waals surface area contributed by atoms with Crippen molar-refractivity contribution in [3.05, 3.63) is 58.1 Å². The van der Waals surface area contributed by atoms with Crippen LogP contribution in [0.25, 0.3) is 6.08 Å². The molecule has 2 aromatic carbocycles. The van der Waals surface area contributed by atoms with Crippen molar-refractivity contribution in [2.24, 2.45) is 0 Å². The van der Waals surface area contributed by atoms with Gasteiger partial charge in [-0.25, -0.2) is 4.79 Å². The number of esters is 1. The van der Waals surface area contributed by atoms with Crippen LogP contribution in [0, 0.1) is 0 Å². The lowest BCUT2D eigenvalue weighted by atomic mass is 10.2. The van der Waals surface area contributed by atoms with E-state index in [2.05, 4.69) is 5.32 Å². The standard InChI is InChI=1S/C20H19Cl2NO5/c1-12(20(25)23-16-10-14(21)9-15(22)11-16)28-19(24)7-5-13-4-6-17(26-2)18(8-13)27-3/h4-12H,1-3H3,(H,23,25). The van der Waals surface area contributed by atoms with Gasteiger partial charge in [0.2, 0.25) is 0 Å². The number of ether oxygens (including phenoxy) is 3. The van der Waals surface area contributed by atoms with Crippen LogP contribution in [-0.4, -0.2) is 32.2 Å². The molecule has 6 nitrogen and oxygen atoms in total. The van der Waals surface area contributed by atoms with Crippen molar-refractivity contribution in [2.75, 3.05) is 19.5 Å². The first-order valence-corrected chi connectivity index (χ1v) is 8.95. The average molecular weight is 424 g/mol. The zero-order valence-electron chi connectivity index (χ0n) is 15.5. The number of hydrogen-bond acceptors (Lipinski definition) is 5. The summed E-state index contributed by atoms with van der Waals surface area (Å²) >= 11 is 11.8. The predicted molar refractivity (Wildman–Crippen MR) is 109 cm³/mol. The molecule has 0 aliphatic heterocycles. The van der Waals surface area contributed by atoms with E-state index in [9.17, 15) is 9.59 Å². The number of rotatable bonds is 7. The lowest BCUT2D eigenvalue weighted by molar-refractivity contribution is -0.148. The molecule has 1 atom stereocenters. The van der Waals surface area contributed by atoms with E-state index < -0.39 is 18.0 Å². The Balaban J connectivity index is 1.96. The number of hydrogen-bond donors (Lipinski definition) is 1. The van der Waals surface area contributed by atoms with Crippen molar-refractivity contribution < 1.29 is 23.8 Å². The van der Waals surface area contributed by atoms with Crippen LogP contribution in [0.15, 0.2) is 42.5 Å². The quantitative estimate of drug-likeness (QED) is 0.520. The van der Waals surface area contributed by atoms with Gasteiger partial charge in [0, 0.05) is 21.8 Å². The summed E-state index contributed by atoms with van der Waals surface area (Å²) in [5, 5.41) is 3.35. The fourth-order valence-electron chi connectivity index (χ4n) is 2.26. The van der Waals surface area contributed by atoms with Gasteiger partial charge in [0.1, 0.15) is 0 Å². The number of benzene rings is 2. The van der Waals surface area contributed by atoms with Crippen molar-refractivity contribution in [3.63, 3.8) is 0 Å². The average Bonchev–Trinajstić information content (AvgIpc) is 2.65. The topological polar surface area (TPSA) is 73.9 Å². The van der Waals surface area contributed by atoms with Crippen LogP contribution in [0.2, 0.25) is 10.0 Å². The van der Waals surface area contributed by atoms with Crippen molar-refractivity contribution in [3.8, 4) is 11.5 Å². The molecule has 0 radical (unpaired) electrons. The van der Waals surface area contributed by atoms with E-state index in [1.165, 1.54) is 39.4 Å². The van der Waals surface area contributed by atoms with Crippen LogP contribution >= 0.6 is 23.2 Å². The van der Waals surface area contributed by atoms with Gasteiger partial charge in [0.05, 0.1) is 14.2 Å². The first-order valence-electron chi connectivity index (χ1n) is 8.20. The molecule has 1 N–H and O–H groups in total. The minimum atomic E-state index is -1.01. The molecule has 1 unspecified atom stereocenters. The van der Waals surface area contributed by atoms with Crippen LogP contribution in [0.5, 0.6) is 11.5 Å². The lowest BCUT2D eigenvalue weighted by Crippen LogP contribution is -2.29. The van der Waals surface area contributed by atoms with Gasteiger partial charge >= 0.3 is 5.97 Å². The molecular weight excluding hydrogens is 405 g/mol. The Labute approximate surface area is 173 Å². The van der Waals surface area contributed by atoms with E-state index >= 15 is 0 Å². The Kier molecular flexibility index (Phi) is 7.72. The van der Waals surface area contributed by atoms with Gasteiger partial charge in [-0.05, 0) is 48.9 Å². The van der Waals surface area contributed by atoms with Crippen LogP contribution in [0.3, 0.4) is 0 Å². The van der Waals surface area contributed by atoms with Crippen molar-refractivity contribution >= 4 is 46.8 Å². The molecule has 0 heterocycles. The predicted octanol–water partition coefficient (Wildman–Crippen LogP) is 4.59. The Bertz CT molecular complexity index is 878. The summed E-state index contributed by atoms with van der Waals surface area (Å²) in [5.74, 6) is -0.0626. The molecule has 2 rings (SSSR count). The molecule has 8 heteroatoms. The summed E-state index contributed by atoms with van der Waals surface area (Å²) < 4.78 is 15.5. The maximum Gasteiger partial charge on any atom is 0.331 e. The zero-order chi connectivity index (χ0) is 20.7. The molecule has 0 aliphatic carbocycles. The van der Waals surface area contributed by atoms with Crippen LogP contribution in [0.4, 0.5) is 5.69 Å². The Hall–Kier alpha value is -2.70. The number of anilines is 1. The zero-order valence-corrected chi connectivity index (χ0v) is 17.0. The van der Waals surface area contributed by atoms with Gasteiger partial charge in [-0.1, -0.05) is 29.3 Å². The van der Waals surface area contributed by atoms with Gasteiger partial charge in [0.15, 0.2) is 17.6 Å². The third kappa shape index (κ3) is 6.18. The molecule has 0 saturated heterocycles. The summed E-state index contributed by atoms with van der Waals surface area (Å²) in [7, 11) is 3.06. The van der Waals surface area contributed by atoms with Gasteiger partial charge in [-0.2, -0.15) is 0 Å². The number of carbonyl (C=O) groups excluding carboxylic acids is 2. The molecule has 2 aromatic rings. The smallest absolute Gasteiger partial charge is 0.331 e. The maximum absolute atomic E-state index is 12.2. The summed E-state index contributed by atoms with van der Waals surface area (Å²) in [5.41, 5.74) is 1.12. The van der Waals surface area contributed by atoms with Gasteiger partial charge in [0.25, 0.3) is 5.91 Å². The van der Waals surface area contributed by atoms with E-state index in [4.69, 9.17) is 37.4 Å². The number of nitrogens with one attached hydrogen (secondary N) is 1. The van der Waals surface area contributed by atoms with E-state index in [0.717, 1.165) is 0 Å². The van der Waals surface area contributed by atoms with Crippen molar-refractivity contribution in [1.82, 2.24) is 0 Å². The Morgan fingerprint density at radius 1 is 1.00 bits per heavy atom. The fourth-order valence-corrected chi connectivity index (χ4v) is 2.78. The highest BCUT2D eigenvalue weighted by Gasteiger charge is 2.17. The maximum atomic E-state index is 12.2. The molecule has 0 spiro atoms. The normalized spacial score (nSPS) is 11.8. The summed E-state index contributed by atoms with van der Waals surface area (Å²) in [4.78, 5) is 24.2. The lowest BCUT2D eigenvalue weighted by Gasteiger charge is -2.13. The molecule has 0 aromatic heterocycles. The third-order valence-corrected chi connectivity index (χ3v) is 4.05. The highest BCUT2D eigenvalue weighted by molar-refractivity contribution is 6.35. The number of carbonyl (C=O) groups is 2. The monoisotopic (exact) mass is 423 g/mol. The van der Waals surface area contributed by atoms with Gasteiger partial charge in [-0.3, -0.25) is 4.79 Å². The largest absolute Gasteiger partial charge is 0.493 e. The number of methoxy groups -OCH3 is 2. The summed E-state index contributed by atoms with van der Waals surface area (Å²) in [6.45, 7) is 1.46. The van der Waals surface area contributed by atoms with Gasteiger partial charge in [-0.15, -0.1) is 0 Å². The Morgan fingerprint density at radius 3 is 2.25 bits per heavy atom. The minimum absolute atomic E-state index is 0.380. The highest BCUT2D eigenvalue weighted by atomic mass is 35.5. The summed E-state index contributed by atoms with van der Waals surface area (Å²) in [6.07, 6.45) is 1.76. The molecule has 28 heavy (non-hydrogen) atoms. The third-order valence-electron chi connectivity index (χ3n) is 3.61. The Morgan fingerprint density at radius 2 is 1.64 bits per heavy atom. The molecular formula is C20H19Cl2NO5.